The molecule has 0 aromatic carbocycles. The molecule has 0 aliphatic heterocycles. The van der Waals surface area contributed by atoms with Gasteiger partial charge in [-0.3, -0.25) is 4.79 Å². The molecule has 2 atom stereocenters. The first-order valence-corrected chi connectivity index (χ1v) is 6.91. The molecular formula is C9H20NOPS. The van der Waals surface area contributed by atoms with Gasteiger partial charge in [-0.15, -0.1) is 12.2 Å². The van der Waals surface area contributed by atoms with Crippen LogP contribution < -0.4 is 5.32 Å². The Balaban J connectivity index is 4.17. The summed E-state index contributed by atoms with van der Waals surface area (Å²) in [6.45, 7) is 8.31. The summed E-state index contributed by atoms with van der Waals surface area (Å²) < 4.78 is 0. The summed E-state index contributed by atoms with van der Waals surface area (Å²) in [7, 11) is 0.101. The predicted molar refractivity (Wildman–Crippen MR) is 63.9 cm³/mol. The SMILES string of the molecule is CCCC(NC(C)(C)C)C(=O)PS. The average molecular weight is 221 g/mol. The molecule has 0 aromatic rings. The Kier molecular flexibility index (Phi) is 6.19. The first kappa shape index (κ1) is 13.4. The van der Waals surface area contributed by atoms with Crippen LogP contribution in [0.5, 0.6) is 0 Å². The largest absolute Gasteiger partial charge is 0.302 e. The molecule has 78 valence electrons. The van der Waals surface area contributed by atoms with Crippen LogP contribution in [0.25, 0.3) is 0 Å². The minimum atomic E-state index is -0.0131. The van der Waals surface area contributed by atoms with Crippen molar-refractivity contribution in [2.75, 3.05) is 0 Å². The second-order valence-electron chi connectivity index (χ2n) is 4.21. The fraction of sp³-hybridized carbons (Fsp3) is 0.889. The highest BCUT2D eigenvalue weighted by atomic mass is 32.7. The monoisotopic (exact) mass is 221 g/mol. The summed E-state index contributed by atoms with van der Waals surface area (Å²) in [5.74, 6) is 0. The Hall–Kier alpha value is 0.410. The maximum absolute atomic E-state index is 11.5. The van der Waals surface area contributed by atoms with E-state index >= 15 is 0 Å². The molecule has 0 saturated carbocycles. The van der Waals surface area contributed by atoms with Gasteiger partial charge in [0.25, 0.3) is 0 Å². The molecule has 0 aromatic heterocycles. The van der Waals surface area contributed by atoms with E-state index in [1.165, 1.54) is 0 Å². The molecule has 0 bridgehead atoms. The number of carbonyl (C=O) groups excluding carboxylic acids is 1. The van der Waals surface area contributed by atoms with Crippen LogP contribution in [0.4, 0.5) is 0 Å². The minimum Gasteiger partial charge on any atom is -0.302 e. The summed E-state index contributed by atoms with van der Waals surface area (Å²) in [6, 6.07) is -0.0131. The van der Waals surface area contributed by atoms with Gasteiger partial charge in [0, 0.05) is 13.3 Å². The summed E-state index contributed by atoms with van der Waals surface area (Å²) in [4.78, 5) is 11.5. The smallest absolute Gasteiger partial charge is 0.178 e. The van der Waals surface area contributed by atoms with Crippen molar-refractivity contribution in [1.29, 1.82) is 0 Å². The lowest BCUT2D eigenvalue weighted by Crippen LogP contribution is -2.46. The zero-order valence-corrected chi connectivity index (χ0v) is 10.7. The zero-order valence-electron chi connectivity index (χ0n) is 8.85. The predicted octanol–water partition coefficient (Wildman–Crippen LogP) is 2.59. The number of hydrogen-bond donors (Lipinski definition) is 2. The van der Waals surface area contributed by atoms with E-state index in [0.29, 0.717) is 0 Å². The van der Waals surface area contributed by atoms with E-state index < -0.39 is 0 Å². The Morgan fingerprint density at radius 3 is 2.38 bits per heavy atom. The lowest BCUT2D eigenvalue weighted by atomic mass is 10.1. The van der Waals surface area contributed by atoms with Crippen molar-refractivity contribution in [3.05, 3.63) is 0 Å². The Morgan fingerprint density at radius 1 is 1.54 bits per heavy atom. The molecule has 13 heavy (non-hydrogen) atoms. The number of nitrogens with one attached hydrogen (secondary N) is 1. The molecule has 0 fully saturated rings. The first-order chi connectivity index (χ1) is 5.90. The van der Waals surface area contributed by atoms with Gasteiger partial charge in [-0.1, -0.05) is 13.3 Å². The zero-order chi connectivity index (χ0) is 10.5. The molecule has 0 saturated heterocycles. The first-order valence-electron chi connectivity index (χ1n) is 4.62. The highest BCUT2D eigenvalue weighted by molar-refractivity contribution is 8.43. The molecule has 0 aliphatic rings. The van der Waals surface area contributed by atoms with E-state index in [9.17, 15) is 4.79 Å². The van der Waals surface area contributed by atoms with Gasteiger partial charge in [0.1, 0.15) is 0 Å². The topological polar surface area (TPSA) is 29.1 Å². The van der Waals surface area contributed by atoms with E-state index in [1.807, 2.05) is 0 Å². The second-order valence-corrected chi connectivity index (χ2v) is 5.60. The highest BCUT2D eigenvalue weighted by Gasteiger charge is 2.21. The molecule has 2 nitrogen and oxygen atoms in total. The molecule has 0 spiro atoms. The van der Waals surface area contributed by atoms with Crippen LogP contribution in [0.2, 0.25) is 0 Å². The normalized spacial score (nSPS) is 15.2. The van der Waals surface area contributed by atoms with Crippen molar-refractivity contribution < 1.29 is 4.79 Å². The van der Waals surface area contributed by atoms with Crippen molar-refractivity contribution in [2.45, 2.75) is 52.1 Å². The van der Waals surface area contributed by atoms with E-state index in [0.717, 1.165) is 12.8 Å². The Morgan fingerprint density at radius 2 is 2.08 bits per heavy atom. The lowest BCUT2D eigenvalue weighted by Gasteiger charge is -2.27. The third-order valence-corrected chi connectivity index (χ3v) is 2.84. The van der Waals surface area contributed by atoms with Gasteiger partial charge in [-0.05, 0) is 27.2 Å². The second kappa shape index (κ2) is 6.00. The molecule has 0 rings (SSSR count). The maximum atomic E-state index is 11.5. The van der Waals surface area contributed by atoms with Gasteiger partial charge in [-0.25, -0.2) is 0 Å². The summed E-state index contributed by atoms with van der Waals surface area (Å²) in [6.07, 6.45) is 1.93. The van der Waals surface area contributed by atoms with Crippen molar-refractivity contribution in [3.8, 4) is 0 Å². The Labute approximate surface area is 88.2 Å². The van der Waals surface area contributed by atoms with Gasteiger partial charge in [0.2, 0.25) is 0 Å². The van der Waals surface area contributed by atoms with E-state index in [4.69, 9.17) is 0 Å². The van der Waals surface area contributed by atoms with E-state index in [-0.39, 0.29) is 24.9 Å². The van der Waals surface area contributed by atoms with Crippen LogP contribution in [-0.4, -0.2) is 17.1 Å². The maximum Gasteiger partial charge on any atom is 0.178 e. The number of rotatable bonds is 5. The van der Waals surface area contributed by atoms with Crippen molar-refractivity contribution in [1.82, 2.24) is 5.32 Å². The van der Waals surface area contributed by atoms with E-state index in [1.54, 1.807) is 0 Å². The quantitative estimate of drug-likeness (QED) is 0.552. The molecular weight excluding hydrogens is 201 g/mol. The summed E-state index contributed by atoms with van der Waals surface area (Å²) in [5.41, 5.74) is 0.225. The third-order valence-electron chi connectivity index (χ3n) is 1.61. The fourth-order valence-electron chi connectivity index (χ4n) is 1.16. The van der Waals surface area contributed by atoms with Crippen LogP contribution in [0.3, 0.4) is 0 Å². The molecule has 0 radical (unpaired) electrons. The molecule has 0 amide bonds. The molecule has 0 aliphatic carbocycles. The van der Waals surface area contributed by atoms with Crippen LogP contribution in [0.15, 0.2) is 0 Å². The Bertz CT molecular complexity index is 167. The minimum absolute atomic E-state index is 0.00290. The van der Waals surface area contributed by atoms with Gasteiger partial charge >= 0.3 is 0 Å². The summed E-state index contributed by atoms with van der Waals surface area (Å²) in [5, 5.41) is 3.32. The summed E-state index contributed by atoms with van der Waals surface area (Å²) >= 11 is 4.04. The van der Waals surface area contributed by atoms with Gasteiger partial charge in [0.05, 0.1) is 6.04 Å². The van der Waals surface area contributed by atoms with Crippen LogP contribution >= 0.6 is 20.0 Å². The van der Waals surface area contributed by atoms with Gasteiger partial charge in [0.15, 0.2) is 5.52 Å². The number of thiol groups is 1. The van der Waals surface area contributed by atoms with Crippen LogP contribution in [0.1, 0.15) is 40.5 Å². The average Bonchev–Trinajstić information content (AvgIpc) is 2.00. The lowest BCUT2D eigenvalue weighted by molar-refractivity contribution is -0.113. The van der Waals surface area contributed by atoms with E-state index in [2.05, 4.69) is 45.3 Å². The fourth-order valence-corrected chi connectivity index (χ4v) is 2.00. The highest BCUT2D eigenvalue weighted by Crippen LogP contribution is 2.21. The van der Waals surface area contributed by atoms with Crippen LogP contribution in [0, 0.1) is 0 Å². The molecule has 4 heteroatoms. The van der Waals surface area contributed by atoms with Crippen molar-refractivity contribution in [2.24, 2.45) is 0 Å². The van der Waals surface area contributed by atoms with Crippen LogP contribution in [-0.2, 0) is 4.79 Å². The number of hydrogen-bond acceptors (Lipinski definition) is 3. The van der Waals surface area contributed by atoms with Gasteiger partial charge in [-0.2, -0.15) is 0 Å². The molecule has 0 heterocycles. The van der Waals surface area contributed by atoms with Crippen molar-refractivity contribution in [3.63, 3.8) is 0 Å². The number of carbonyl (C=O) groups is 1. The third kappa shape index (κ3) is 6.48. The standard InChI is InChI=1S/C9H20NOPS/c1-5-6-7(8(11)12-13)10-9(2,3)4/h7,10,12-13H,5-6H2,1-4H3. The van der Waals surface area contributed by atoms with Crippen molar-refractivity contribution >= 4 is 25.6 Å². The molecule has 2 unspecified atom stereocenters. The van der Waals surface area contributed by atoms with Gasteiger partial charge < -0.3 is 5.32 Å². The molecule has 1 N–H and O–H groups in total.